The van der Waals surface area contributed by atoms with E-state index in [-0.39, 0.29) is 5.91 Å². The summed E-state index contributed by atoms with van der Waals surface area (Å²) in [6.07, 6.45) is 7.64. The van der Waals surface area contributed by atoms with E-state index in [9.17, 15) is 4.79 Å². The Hall–Kier alpha value is -2.82. The SMILES string of the molecule is C=C(/C=C\C=C/C)CN(C)C(=O)c1ccc2nc(-c3c(Cl)cccc3Cl)[nH]c2c1. The van der Waals surface area contributed by atoms with Gasteiger partial charge in [-0.2, -0.15) is 0 Å². The molecule has 0 radical (unpaired) electrons. The molecule has 0 aliphatic rings. The Bertz CT molecular complexity index is 1110. The van der Waals surface area contributed by atoms with Crippen LogP contribution in [-0.4, -0.2) is 34.4 Å². The summed E-state index contributed by atoms with van der Waals surface area (Å²) in [6, 6.07) is 10.7. The average Bonchev–Trinajstić information content (AvgIpc) is 3.10. The fourth-order valence-corrected chi connectivity index (χ4v) is 3.51. The number of hydrogen-bond acceptors (Lipinski definition) is 2. The molecule has 1 amide bonds. The highest BCUT2D eigenvalue weighted by Gasteiger charge is 2.16. The van der Waals surface area contributed by atoms with Crippen LogP contribution in [0.3, 0.4) is 0 Å². The predicted octanol–water partition coefficient (Wildman–Crippen LogP) is 6.30. The number of rotatable bonds is 6. The van der Waals surface area contributed by atoms with E-state index >= 15 is 0 Å². The topological polar surface area (TPSA) is 49.0 Å². The van der Waals surface area contributed by atoms with Crippen LogP contribution in [0.1, 0.15) is 17.3 Å². The standard InChI is InChI=1S/C23H21Cl2N3O/c1-4-5-6-8-15(2)14-28(3)23(29)16-11-12-19-20(13-16)27-22(26-19)21-17(24)9-7-10-18(21)25/h4-13H,2,14H2,1,3H3,(H,26,27)/b5-4-,8-6-. The lowest BCUT2D eigenvalue weighted by Crippen LogP contribution is -2.28. The quantitative estimate of drug-likeness (QED) is 0.471. The summed E-state index contributed by atoms with van der Waals surface area (Å²) in [5.41, 5.74) is 3.51. The first-order valence-electron chi connectivity index (χ1n) is 9.07. The number of imidazole rings is 1. The number of nitrogens with zero attached hydrogens (tertiary/aromatic N) is 2. The molecule has 0 unspecified atom stereocenters. The van der Waals surface area contributed by atoms with Gasteiger partial charge in [0.15, 0.2) is 0 Å². The van der Waals surface area contributed by atoms with Crippen molar-refractivity contribution in [2.75, 3.05) is 13.6 Å². The lowest BCUT2D eigenvalue weighted by atomic mass is 10.1. The maximum absolute atomic E-state index is 12.8. The highest BCUT2D eigenvalue weighted by molar-refractivity contribution is 6.39. The molecule has 3 aromatic rings. The molecule has 3 rings (SSSR count). The number of aromatic nitrogens is 2. The maximum Gasteiger partial charge on any atom is 0.253 e. The zero-order valence-electron chi connectivity index (χ0n) is 16.2. The minimum Gasteiger partial charge on any atom is -0.338 e. The molecule has 0 bridgehead atoms. The van der Waals surface area contributed by atoms with E-state index in [0.717, 1.165) is 16.6 Å². The lowest BCUT2D eigenvalue weighted by molar-refractivity contribution is 0.0808. The molecule has 1 N–H and O–H groups in total. The van der Waals surface area contributed by atoms with Gasteiger partial charge in [0.25, 0.3) is 5.91 Å². The molecule has 148 valence electrons. The van der Waals surface area contributed by atoms with Gasteiger partial charge in [0, 0.05) is 19.2 Å². The predicted molar refractivity (Wildman–Crippen MR) is 122 cm³/mol. The second-order valence-corrected chi connectivity index (χ2v) is 7.43. The van der Waals surface area contributed by atoms with Gasteiger partial charge in [0.1, 0.15) is 5.82 Å². The fourth-order valence-electron chi connectivity index (χ4n) is 2.94. The molecular weight excluding hydrogens is 405 g/mol. The first-order valence-corrected chi connectivity index (χ1v) is 9.83. The number of fused-ring (bicyclic) bond motifs is 1. The van der Waals surface area contributed by atoms with Crippen LogP contribution in [0.25, 0.3) is 22.4 Å². The van der Waals surface area contributed by atoms with Gasteiger partial charge in [-0.1, -0.05) is 60.2 Å². The fraction of sp³-hybridized carbons (Fsp3) is 0.130. The number of amides is 1. The van der Waals surface area contributed by atoms with Gasteiger partial charge in [-0.25, -0.2) is 4.98 Å². The van der Waals surface area contributed by atoms with E-state index < -0.39 is 0 Å². The van der Waals surface area contributed by atoms with Crippen LogP contribution in [0, 0.1) is 0 Å². The van der Waals surface area contributed by atoms with Gasteiger partial charge >= 0.3 is 0 Å². The van der Waals surface area contributed by atoms with Crippen molar-refractivity contribution in [1.82, 2.24) is 14.9 Å². The van der Waals surface area contributed by atoms with Gasteiger partial charge in [0.2, 0.25) is 0 Å². The zero-order valence-corrected chi connectivity index (χ0v) is 17.8. The number of hydrogen-bond donors (Lipinski definition) is 1. The van der Waals surface area contributed by atoms with Crippen LogP contribution in [0.5, 0.6) is 0 Å². The van der Waals surface area contributed by atoms with Gasteiger partial charge in [0.05, 0.1) is 26.6 Å². The van der Waals surface area contributed by atoms with Gasteiger partial charge in [-0.05, 0) is 42.8 Å². The van der Waals surface area contributed by atoms with Crippen molar-refractivity contribution in [3.05, 3.63) is 88.5 Å². The van der Waals surface area contributed by atoms with E-state index in [1.807, 2.05) is 37.3 Å². The van der Waals surface area contributed by atoms with Crippen LogP contribution in [0.15, 0.2) is 72.9 Å². The summed E-state index contributed by atoms with van der Waals surface area (Å²) in [4.78, 5) is 22.2. The van der Waals surface area contributed by atoms with E-state index in [1.165, 1.54) is 0 Å². The van der Waals surface area contributed by atoms with Crippen LogP contribution in [-0.2, 0) is 0 Å². The van der Waals surface area contributed by atoms with Gasteiger partial charge in [-0.3, -0.25) is 4.79 Å². The largest absolute Gasteiger partial charge is 0.338 e. The molecule has 0 aliphatic carbocycles. The molecule has 29 heavy (non-hydrogen) atoms. The number of nitrogens with one attached hydrogen (secondary N) is 1. The minimum atomic E-state index is -0.0978. The molecule has 6 heteroatoms. The molecule has 1 aromatic heterocycles. The molecule has 0 saturated carbocycles. The first kappa shape index (κ1) is 20.9. The summed E-state index contributed by atoms with van der Waals surface area (Å²) < 4.78 is 0. The number of benzene rings is 2. The van der Waals surface area contributed by atoms with Crippen molar-refractivity contribution in [3.8, 4) is 11.4 Å². The van der Waals surface area contributed by atoms with Crippen LogP contribution < -0.4 is 0 Å². The van der Waals surface area contributed by atoms with Crippen molar-refractivity contribution in [3.63, 3.8) is 0 Å². The van der Waals surface area contributed by atoms with Crippen molar-refractivity contribution < 1.29 is 4.79 Å². The molecule has 2 aromatic carbocycles. The van der Waals surface area contributed by atoms with E-state index in [4.69, 9.17) is 23.2 Å². The second kappa shape index (κ2) is 9.12. The van der Waals surface area contributed by atoms with Gasteiger partial charge in [-0.15, -0.1) is 0 Å². The maximum atomic E-state index is 12.8. The van der Waals surface area contributed by atoms with Crippen molar-refractivity contribution in [1.29, 1.82) is 0 Å². The highest BCUT2D eigenvalue weighted by atomic mass is 35.5. The normalized spacial score (nSPS) is 11.6. The summed E-state index contributed by atoms with van der Waals surface area (Å²) in [5.74, 6) is 0.468. The highest BCUT2D eigenvalue weighted by Crippen LogP contribution is 2.33. The summed E-state index contributed by atoms with van der Waals surface area (Å²) in [5, 5.41) is 1.02. The second-order valence-electron chi connectivity index (χ2n) is 6.62. The zero-order chi connectivity index (χ0) is 21.0. The third-order valence-corrected chi connectivity index (χ3v) is 4.98. The lowest BCUT2D eigenvalue weighted by Gasteiger charge is -2.17. The smallest absolute Gasteiger partial charge is 0.253 e. The molecule has 0 spiro atoms. The monoisotopic (exact) mass is 425 g/mol. The Balaban J connectivity index is 1.84. The van der Waals surface area contributed by atoms with Crippen LogP contribution in [0.2, 0.25) is 10.0 Å². The molecular formula is C23H21Cl2N3O. The number of H-pyrrole nitrogens is 1. The Morgan fingerprint density at radius 1 is 1.21 bits per heavy atom. The molecule has 0 fully saturated rings. The Morgan fingerprint density at radius 3 is 2.62 bits per heavy atom. The Morgan fingerprint density at radius 2 is 1.93 bits per heavy atom. The van der Waals surface area contributed by atoms with Crippen molar-refractivity contribution in [2.45, 2.75) is 6.92 Å². The number of halogens is 2. The third kappa shape index (κ3) is 4.78. The minimum absolute atomic E-state index is 0.0978. The number of carbonyl (C=O) groups excluding carboxylic acids is 1. The summed E-state index contributed by atoms with van der Waals surface area (Å²) in [7, 11) is 1.75. The van der Waals surface area contributed by atoms with E-state index in [1.54, 1.807) is 42.3 Å². The van der Waals surface area contributed by atoms with E-state index in [2.05, 4.69) is 16.5 Å². The number of likely N-dealkylation sites (N-methyl/N-ethyl adjacent to an activating group) is 1. The van der Waals surface area contributed by atoms with Crippen LogP contribution in [0.4, 0.5) is 0 Å². The molecule has 0 saturated heterocycles. The molecule has 1 heterocycles. The Kier molecular flexibility index (Phi) is 6.57. The molecule has 4 nitrogen and oxygen atoms in total. The van der Waals surface area contributed by atoms with Gasteiger partial charge < -0.3 is 9.88 Å². The number of carbonyl (C=O) groups is 1. The summed E-state index contributed by atoms with van der Waals surface area (Å²) >= 11 is 12.6. The average molecular weight is 426 g/mol. The Labute approximate surface area is 180 Å². The van der Waals surface area contributed by atoms with E-state index in [0.29, 0.717) is 33.5 Å². The molecule has 0 atom stereocenters. The van der Waals surface area contributed by atoms with Crippen LogP contribution >= 0.6 is 23.2 Å². The number of aromatic amines is 1. The summed E-state index contributed by atoms with van der Waals surface area (Å²) in [6.45, 7) is 6.37. The first-order chi connectivity index (χ1) is 13.9. The van der Waals surface area contributed by atoms with Crippen molar-refractivity contribution >= 4 is 40.1 Å². The third-order valence-electron chi connectivity index (χ3n) is 4.35. The molecule has 0 aliphatic heterocycles. The number of allylic oxidation sites excluding steroid dienone is 3. The van der Waals surface area contributed by atoms with Crippen molar-refractivity contribution in [2.24, 2.45) is 0 Å².